The second-order valence-corrected chi connectivity index (χ2v) is 8.57. The van der Waals surface area contributed by atoms with Crippen molar-refractivity contribution in [2.45, 2.75) is 51.1 Å². The molecular weight excluding hydrogens is 450 g/mol. The van der Waals surface area contributed by atoms with Crippen LogP contribution in [0.2, 0.25) is 0 Å². The highest BCUT2D eigenvalue weighted by Crippen LogP contribution is 2.34. The van der Waals surface area contributed by atoms with Crippen molar-refractivity contribution in [3.8, 4) is 5.75 Å². The molecule has 0 bridgehead atoms. The molecule has 4 amide bonds. The minimum Gasteiger partial charge on any atom is -0.497 e. The van der Waals surface area contributed by atoms with Gasteiger partial charge in [0.25, 0.3) is 5.91 Å². The van der Waals surface area contributed by atoms with Crippen LogP contribution in [0, 0.1) is 0 Å². The van der Waals surface area contributed by atoms with Crippen molar-refractivity contribution >= 4 is 35.2 Å². The van der Waals surface area contributed by atoms with E-state index in [2.05, 4.69) is 5.32 Å². The number of urea groups is 1. The summed E-state index contributed by atoms with van der Waals surface area (Å²) < 4.78 is 10.2. The van der Waals surface area contributed by atoms with Gasteiger partial charge in [-0.05, 0) is 62.2 Å². The van der Waals surface area contributed by atoms with Crippen LogP contribution < -0.4 is 15.0 Å². The van der Waals surface area contributed by atoms with Crippen molar-refractivity contribution in [1.29, 1.82) is 0 Å². The van der Waals surface area contributed by atoms with Crippen LogP contribution >= 0.6 is 0 Å². The van der Waals surface area contributed by atoms with Crippen LogP contribution in [0.5, 0.6) is 5.75 Å². The largest absolute Gasteiger partial charge is 0.497 e. The van der Waals surface area contributed by atoms with E-state index < -0.39 is 29.9 Å². The fourth-order valence-electron chi connectivity index (χ4n) is 4.68. The van der Waals surface area contributed by atoms with Crippen LogP contribution in [-0.4, -0.2) is 54.5 Å². The van der Waals surface area contributed by atoms with Crippen LogP contribution in [0.25, 0.3) is 0 Å². The number of esters is 1. The minimum atomic E-state index is -0.902. The molecule has 0 radical (unpaired) electrons. The third-order valence-corrected chi connectivity index (χ3v) is 6.34. The number of carbonyl (C=O) groups is 4. The Morgan fingerprint density at radius 3 is 2.43 bits per heavy atom. The maximum Gasteiger partial charge on any atom is 0.338 e. The van der Waals surface area contributed by atoms with Crippen LogP contribution in [0.1, 0.15) is 49.4 Å². The first kappa shape index (κ1) is 24.3. The van der Waals surface area contributed by atoms with E-state index in [-0.39, 0.29) is 19.1 Å². The first-order valence-electron chi connectivity index (χ1n) is 11.8. The van der Waals surface area contributed by atoms with Gasteiger partial charge >= 0.3 is 12.0 Å². The van der Waals surface area contributed by atoms with E-state index in [1.807, 2.05) is 0 Å². The molecule has 1 N–H and O–H groups in total. The zero-order valence-corrected chi connectivity index (χ0v) is 19.9. The van der Waals surface area contributed by atoms with Gasteiger partial charge in [0.05, 0.1) is 31.4 Å². The first-order valence-corrected chi connectivity index (χ1v) is 11.8. The molecule has 2 aromatic rings. The predicted molar refractivity (Wildman–Crippen MR) is 129 cm³/mol. The number of hydrogen-bond donors (Lipinski definition) is 1. The SMILES string of the molecule is CCOC(=O)c1cccc(NC(=O)C[C@@H]2C(=O)N(c3ccc(OC)cc3)C(=O)N2C2CCCC2)c1. The van der Waals surface area contributed by atoms with Gasteiger partial charge < -0.3 is 19.7 Å². The molecule has 1 atom stereocenters. The molecule has 4 rings (SSSR count). The number of carbonyl (C=O) groups excluding carboxylic acids is 4. The van der Waals surface area contributed by atoms with Crippen molar-refractivity contribution in [1.82, 2.24) is 4.90 Å². The fraction of sp³-hybridized carbons (Fsp3) is 0.385. The standard InChI is InChI=1S/C26H29N3O6/c1-3-35-25(32)17-7-6-8-18(15-17)27-23(30)16-22-24(31)29(20-11-13-21(34-2)14-12-20)26(33)28(22)19-9-4-5-10-19/h6-8,11-15,19,22H,3-5,9-10,16H2,1-2H3,(H,27,30)/t22-/m1/s1. The second kappa shape index (κ2) is 10.6. The van der Waals surface area contributed by atoms with Gasteiger partial charge in [-0.1, -0.05) is 18.9 Å². The van der Waals surface area contributed by atoms with Crippen molar-refractivity contribution in [3.05, 3.63) is 54.1 Å². The Kier molecular flexibility index (Phi) is 7.33. The van der Waals surface area contributed by atoms with E-state index in [9.17, 15) is 19.2 Å². The number of methoxy groups -OCH3 is 1. The van der Waals surface area contributed by atoms with E-state index in [0.29, 0.717) is 22.7 Å². The molecule has 9 nitrogen and oxygen atoms in total. The lowest BCUT2D eigenvalue weighted by atomic mass is 10.1. The summed E-state index contributed by atoms with van der Waals surface area (Å²) in [5, 5.41) is 2.75. The maximum atomic E-state index is 13.4. The van der Waals surface area contributed by atoms with E-state index in [4.69, 9.17) is 9.47 Å². The molecule has 1 saturated heterocycles. The third-order valence-electron chi connectivity index (χ3n) is 6.34. The van der Waals surface area contributed by atoms with E-state index >= 15 is 0 Å². The highest BCUT2D eigenvalue weighted by atomic mass is 16.5. The summed E-state index contributed by atoms with van der Waals surface area (Å²) >= 11 is 0. The maximum absolute atomic E-state index is 13.4. The van der Waals surface area contributed by atoms with Gasteiger partial charge in [0.15, 0.2) is 0 Å². The summed E-state index contributed by atoms with van der Waals surface area (Å²) in [4.78, 5) is 54.5. The smallest absolute Gasteiger partial charge is 0.338 e. The zero-order chi connectivity index (χ0) is 24.9. The fourth-order valence-corrected chi connectivity index (χ4v) is 4.68. The number of rotatable bonds is 8. The van der Waals surface area contributed by atoms with Crippen molar-refractivity contribution in [3.63, 3.8) is 0 Å². The van der Waals surface area contributed by atoms with Crippen molar-refractivity contribution in [2.24, 2.45) is 0 Å². The summed E-state index contributed by atoms with van der Waals surface area (Å²) in [6, 6.07) is 11.7. The summed E-state index contributed by atoms with van der Waals surface area (Å²) in [6.07, 6.45) is 3.37. The van der Waals surface area contributed by atoms with Gasteiger partial charge in [0.2, 0.25) is 5.91 Å². The number of anilines is 2. The van der Waals surface area contributed by atoms with Gasteiger partial charge in [-0.25, -0.2) is 14.5 Å². The molecule has 2 aromatic carbocycles. The number of nitrogens with zero attached hydrogens (tertiary/aromatic N) is 2. The topological polar surface area (TPSA) is 105 Å². The number of hydrogen-bond acceptors (Lipinski definition) is 6. The monoisotopic (exact) mass is 479 g/mol. The van der Waals surface area contributed by atoms with Gasteiger partial charge in [-0.3, -0.25) is 9.59 Å². The van der Waals surface area contributed by atoms with E-state index in [1.54, 1.807) is 61.4 Å². The quantitative estimate of drug-likeness (QED) is 0.454. The third kappa shape index (κ3) is 5.13. The number of benzene rings is 2. The summed E-state index contributed by atoms with van der Waals surface area (Å²) in [6.45, 7) is 1.96. The molecule has 1 aliphatic heterocycles. The first-order chi connectivity index (χ1) is 16.9. The zero-order valence-electron chi connectivity index (χ0n) is 19.9. The Bertz CT molecular complexity index is 1110. The second-order valence-electron chi connectivity index (χ2n) is 8.57. The Morgan fingerprint density at radius 2 is 1.77 bits per heavy atom. The number of imide groups is 1. The van der Waals surface area contributed by atoms with Crippen molar-refractivity contribution < 1.29 is 28.7 Å². The molecule has 1 heterocycles. The molecule has 9 heteroatoms. The van der Waals surface area contributed by atoms with Gasteiger partial charge in [0.1, 0.15) is 11.8 Å². The molecule has 2 aliphatic rings. The lowest BCUT2D eigenvalue weighted by Gasteiger charge is -2.27. The molecule has 0 aromatic heterocycles. The summed E-state index contributed by atoms with van der Waals surface area (Å²) in [5.74, 6) is -0.719. The van der Waals surface area contributed by atoms with Gasteiger partial charge in [0, 0.05) is 11.7 Å². The van der Waals surface area contributed by atoms with Gasteiger partial charge in [-0.2, -0.15) is 0 Å². The Labute approximate surface area is 204 Å². The van der Waals surface area contributed by atoms with Crippen LogP contribution in [0.4, 0.5) is 16.2 Å². The lowest BCUT2D eigenvalue weighted by molar-refractivity contribution is -0.124. The van der Waals surface area contributed by atoms with E-state index in [0.717, 1.165) is 30.6 Å². The minimum absolute atomic E-state index is 0.0837. The highest BCUT2D eigenvalue weighted by molar-refractivity contribution is 6.22. The molecule has 2 fully saturated rings. The number of nitrogens with one attached hydrogen (secondary N) is 1. The summed E-state index contributed by atoms with van der Waals surface area (Å²) in [5.41, 5.74) is 1.17. The summed E-state index contributed by atoms with van der Waals surface area (Å²) in [7, 11) is 1.54. The molecule has 1 saturated carbocycles. The Hall–Kier alpha value is -3.88. The van der Waals surface area contributed by atoms with E-state index in [1.165, 1.54) is 6.07 Å². The van der Waals surface area contributed by atoms with Crippen molar-refractivity contribution in [2.75, 3.05) is 23.9 Å². The Morgan fingerprint density at radius 1 is 1.06 bits per heavy atom. The predicted octanol–water partition coefficient (Wildman–Crippen LogP) is 3.98. The number of ether oxygens (including phenoxy) is 2. The van der Waals surface area contributed by atoms with Crippen LogP contribution in [-0.2, 0) is 14.3 Å². The molecule has 0 unspecified atom stereocenters. The number of amides is 4. The molecule has 0 spiro atoms. The van der Waals surface area contributed by atoms with Gasteiger partial charge in [-0.15, -0.1) is 0 Å². The molecule has 1 aliphatic carbocycles. The normalized spacial score (nSPS) is 18.2. The molecular formula is C26H29N3O6. The molecule has 35 heavy (non-hydrogen) atoms. The lowest BCUT2D eigenvalue weighted by Crippen LogP contribution is -2.43. The molecule has 184 valence electrons. The average Bonchev–Trinajstić information content (AvgIpc) is 3.46. The van der Waals surface area contributed by atoms with Crippen LogP contribution in [0.15, 0.2) is 48.5 Å². The van der Waals surface area contributed by atoms with Crippen LogP contribution in [0.3, 0.4) is 0 Å². The Balaban J connectivity index is 1.54. The highest BCUT2D eigenvalue weighted by Gasteiger charge is 2.49. The average molecular weight is 480 g/mol.